The van der Waals surface area contributed by atoms with Crippen molar-refractivity contribution in [3.8, 4) is 16.9 Å². The van der Waals surface area contributed by atoms with Crippen molar-refractivity contribution < 1.29 is 5.11 Å². The van der Waals surface area contributed by atoms with Crippen LogP contribution in [0.4, 0.5) is 0 Å². The number of phenols is 1. The molecule has 2 N–H and O–H groups in total. The maximum atomic E-state index is 11.0. The van der Waals surface area contributed by atoms with Crippen LogP contribution in [0.3, 0.4) is 0 Å². The van der Waals surface area contributed by atoms with Gasteiger partial charge in [-0.25, -0.2) is 0 Å². The molecule has 0 aliphatic rings. The van der Waals surface area contributed by atoms with Crippen molar-refractivity contribution >= 4 is 22.6 Å². The molecule has 0 radical (unpaired) electrons. The van der Waals surface area contributed by atoms with E-state index < -0.39 is 0 Å². The van der Waals surface area contributed by atoms with E-state index >= 15 is 0 Å². The highest BCUT2D eigenvalue weighted by Gasteiger charge is 2.18. The smallest absolute Gasteiger partial charge is 0.126 e. The van der Waals surface area contributed by atoms with E-state index in [0.717, 1.165) is 40.6 Å². The lowest BCUT2D eigenvalue weighted by molar-refractivity contribution is 0.467. The first-order valence-electron chi connectivity index (χ1n) is 11.4. The molecule has 0 bridgehead atoms. The number of fused-ring (bicyclic) bond motifs is 1. The van der Waals surface area contributed by atoms with Gasteiger partial charge in [-0.1, -0.05) is 82.4 Å². The average Bonchev–Trinajstić information content (AvgIpc) is 3.20. The molecule has 3 rings (SSSR count). The van der Waals surface area contributed by atoms with Crippen LogP contribution in [0.15, 0.2) is 24.3 Å². The maximum Gasteiger partial charge on any atom is 0.126 e. The fourth-order valence-corrected chi connectivity index (χ4v) is 4.44. The number of hydrogen-bond donors (Lipinski definition) is 2. The molecule has 0 aliphatic carbocycles. The Kier molecular flexibility index (Phi) is 8.56. The molecule has 0 saturated carbocycles. The molecule has 0 aliphatic heterocycles. The predicted molar refractivity (Wildman–Crippen MR) is 126 cm³/mol. The first-order valence-corrected chi connectivity index (χ1v) is 11.8. The van der Waals surface area contributed by atoms with Gasteiger partial charge in [0, 0.05) is 11.1 Å². The van der Waals surface area contributed by atoms with Gasteiger partial charge in [-0.15, -0.1) is 0 Å². The third kappa shape index (κ3) is 5.75. The van der Waals surface area contributed by atoms with Gasteiger partial charge in [0.1, 0.15) is 16.8 Å². The summed E-state index contributed by atoms with van der Waals surface area (Å²) in [5, 5.41) is 22.6. The minimum absolute atomic E-state index is 0.314. The number of nitrogens with one attached hydrogen (secondary N) is 1. The lowest BCUT2D eigenvalue weighted by Crippen LogP contribution is -1.93. The van der Waals surface area contributed by atoms with Crippen molar-refractivity contribution in [2.75, 3.05) is 0 Å². The molecule has 1 heterocycles. The molecule has 0 fully saturated rings. The van der Waals surface area contributed by atoms with E-state index in [-0.39, 0.29) is 0 Å². The Balaban J connectivity index is 1.59. The van der Waals surface area contributed by atoms with Crippen LogP contribution in [-0.2, 0) is 6.42 Å². The second kappa shape index (κ2) is 11.4. The Hall–Kier alpha value is -2.07. The summed E-state index contributed by atoms with van der Waals surface area (Å²) >= 11 is 6.49. The number of hydrogen-bond acceptors (Lipinski definition) is 3. The first kappa shape index (κ1) is 22.6. The number of aromatic amines is 1. The van der Waals surface area contributed by atoms with Gasteiger partial charge in [-0.05, 0) is 49.1 Å². The summed E-state index contributed by atoms with van der Waals surface area (Å²) in [5.41, 5.74) is 5.01. The highest BCUT2D eigenvalue weighted by molar-refractivity contribution is 6.35. The van der Waals surface area contributed by atoms with Crippen LogP contribution in [-0.4, -0.2) is 20.5 Å². The van der Waals surface area contributed by atoms with Gasteiger partial charge in [0.15, 0.2) is 0 Å². The molecule has 0 saturated heterocycles. The highest BCUT2D eigenvalue weighted by Crippen LogP contribution is 2.41. The molecule has 0 atom stereocenters. The van der Waals surface area contributed by atoms with Crippen LogP contribution >= 0.6 is 11.6 Å². The van der Waals surface area contributed by atoms with Crippen LogP contribution in [0.1, 0.15) is 82.3 Å². The second-order valence-corrected chi connectivity index (χ2v) is 8.77. The maximum absolute atomic E-state index is 11.0. The standard InChI is InChI=1S/C25H34ClN3O/c1-3-4-5-6-7-8-9-10-11-12-13-19-16-18(2)17-20(25(19)30)23-21(26)14-15-22-24(23)28-29-27-22/h14-17,30H,3-13H2,1-2H3,(H,27,28,29). The zero-order chi connectivity index (χ0) is 21.3. The zero-order valence-corrected chi connectivity index (χ0v) is 19.1. The van der Waals surface area contributed by atoms with Crippen molar-refractivity contribution in [2.45, 2.75) is 84.5 Å². The number of aromatic hydroxyl groups is 1. The zero-order valence-electron chi connectivity index (χ0n) is 18.3. The van der Waals surface area contributed by atoms with Crippen molar-refractivity contribution in [3.63, 3.8) is 0 Å². The summed E-state index contributed by atoms with van der Waals surface area (Å²) in [4.78, 5) is 0. The molecule has 0 unspecified atom stereocenters. The van der Waals surface area contributed by atoms with Crippen LogP contribution < -0.4 is 0 Å². The second-order valence-electron chi connectivity index (χ2n) is 8.37. The average molecular weight is 428 g/mol. The van der Waals surface area contributed by atoms with E-state index in [0.29, 0.717) is 16.3 Å². The number of aromatic nitrogens is 3. The number of benzene rings is 2. The van der Waals surface area contributed by atoms with Crippen molar-refractivity contribution in [2.24, 2.45) is 0 Å². The van der Waals surface area contributed by atoms with E-state index in [4.69, 9.17) is 11.6 Å². The topological polar surface area (TPSA) is 61.8 Å². The van der Waals surface area contributed by atoms with Gasteiger partial charge < -0.3 is 5.11 Å². The Morgan fingerprint density at radius 2 is 1.57 bits per heavy atom. The van der Waals surface area contributed by atoms with Gasteiger partial charge in [0.2, 0.25) is 0 Å². The molecular weight excluding hydrogens is 394 g/mol. The molecule has 30 heavy (non-hydrogen) atoms. The molecule has 3 aromatic rings. The molecule has 4 nitrogen and oxygen atoms in total. The Labute approximate surface area is 185 Å². The Morgan fingerprint density at radius 1 is 0.900 bits per heavy atom. The Morgan fingerprint density at radius 3 is 2.27 bits per heavy atom. The van der Waals surface area contributed by atoms with Crippen molar-refractivity contribution in [1.82, 2.24) is 15.4 Å². The number of unbranched alkanes of at least 4 members (excludes halogenated alkanes) is 9. The quantitative estimate of drug-likeness (QED) is 0.290. The molecule has 5 heteroatoms. The van der Waals surface area contributed by atoms with E-state index in [2.05, 4.69) is 35.3 Å². The third-order valence-corrected chi connectivity index (χ3v) is 6.16. The fraction of sp³-hybridized carbons (Fsp3) is 0.520. The summed E-state index contributed by atoms with van der Waals surface area (Å²) < 4.78 is 0. The van der Waals surface area contributed by atoms with Gasteiger partial charge >= 0.3 is 0 Å². The molecular formula is C25H34ClN3O. The number of phenolic OH excluding ortho intramolecular Hbond substituents is 1. The molecule has 0 spiro atoms. The predicted octanol–water partition coefficient (Wildman–Crippen LogP) is 7.76. The number of aryl methyl sites for hydroxylation is 2. The summed E-state index contributed by atoms with van der Waals surface area (Å²) in [6, 6.07) is 7.71. The molecule has 162 valence electrons. The fourth-order valence-electron chi connectivity index (χ4n) is 4.18. The van der Waals surface area contributed by atoms with Crippen molar-refractivity contribution in [1.29, 1.82) is 0 Å². The van der Waals surface area contributed by atoms with Gasteiger partial charge in [-0.3, -0.25) is 0 Å². The minimum Gasteiger partial charge on any atom is -0.507 e. The van der Waals surface area contributed by atoms with E-state index in [1.807, 2.05) is 18.2 Å². The number of rotatable bonds is 12. The molecule has 0 amide bonds. The van der Waals surface area contributed by atoms with Crippen LogP contribution in [0.2, 0.25) is 5.02 Å². The summed E-state index contributed by atoms with van der Waals surface area (Å²) in [6.07, 6.45) is 13.9. The highest BCUT2D eigenvalue weighted by atomic mass is 35.5. The van der Waals surface area contributed by atoms with Crippen molar-refractivity contribution in [3.05, 3.63) is 40.4 Å². The minimum atomic E-state index is 0.314. The SMILES string of the molecule is CCCCCCCCCCCCc1cc(C)cc(-c2c(Cl)ccc3n[nH]nc23)c1O. The first-order chi connectivity index (χ1) is 14.6. The number of nitrogens with zero attached hydrogens (tertiary/aromatic N) is 2. The summed E-state index contributed by atoms with van der Waals surface area (Å²) in [6.45, 7) is 4.32. The largest absolute Gasteiger partial charge is 0.507 e. The summed E-state index contributed by atoms with van der Waals surface area (Å²) in [7, 11) is 0. The molecule has 1 aromatic heterocycles. The lowest BCUT2D eigenvalue weighted by atomic mass is 9.95. The third-order valence-electron chi connectivity index (χ3n) is 5.84. The van der Waals surface area contributed by atoms with Gasteiger partial charge in [-0.2, -0.15) is 15.4 Å². The number of H-pyrrole nitrogens is 1. The van der Waals surface area contributed by atoms with E-state index in [1.54, 1.807) is 0 Å². The van der Waals surface area contributed by atoms with E-state index in [1.165, 1.54) is 57.8 Å². The van der Waals surface area contributed by atoms with Gasteiger partial charge in [0.05, 0.1) is 5.02 Å². The van der Waals surface area contributed by atoms with Crippen LogP contribution in [0.25, 0.3) is 22.2 Å². The summed E-state index contributed by atoms with van der Waals surface area (Å²) in [5.74, 6) is 0.314. The van der Waals surface area contributed by atoms with Gasteiger partial charge in [0.25, 0.3) is 0 Å². The monoisotopic (exact) mass is 427 g/mol. The lowest BCUT2D eigenvalue weighted by Gasteiger charge is -2.13. The van der Waals surface area contributed by atoms with E-state index in [9.17, 15) is 5.11 Å². The molecule has 2 aromatic carbocycles. The Bertz CT molecular complexity index is 951. The van der Waals surface area contributed by atoms with Crippen LogP contribution in [0, 0.1) is 6.92 Å². The van der Waals surface area contributed by atoms with Crippen LogP contribution in [0.5, 0.6) is 5.75 Å². The number of halogens is 1. The normalized spacial score (nSPS) is 11.4.